The van der Waals surface area contributed by atoms with E-state index in [0.717, 1.165) is 17.9 Å². The van der Waals surface area contributed by atoms with Crippen molar-refractivity contribution in [2.75, 3.05) is 13.7 Å². The quantitative estimate of drug-likeness (QED) is 0.790. The maximum absolute atomic E-state index is 13.7. The van der Waals surface area contributed by atoms with Gasteiger partial charge >= 0.3 is 0 Å². The second kappa shape index (κ2) is 5.15. The molecule has 0 aliphatic heterocycles. The molecule has 0 aliphatic rings. The second-order valence-corrected chi connectivity index (χ2v) is 3.98. The normalized spacial score (nSPS) is 10.8. The lowest BCUT2D eigenvalue weighted by Crippen LogP contribution is -2.07. The van der Waals surface area contributed by atoms with Crippen molar-refractivity contribution in [3.8, 4) is 11.3 Å². The van der Waals surface area contributed by atoms with Crippen molar-refractivity contribution < 1.29 is 9.13 Å². The molecule has 0 spiro atoms. The van der Waals surface area contributed by atoms with Gasteiger partial charge in [0, 0.05) is 24.9 Å². The molecule has 1 aromatic heterocycles. The number of methoxy groups -OCH3 is 1. The van der Waals surface area contributed by atoms with E-state index in [1.165, 1.54) is 6.07 Å². The van der Waals surface area contributed by atoms with Gasteiger partial charge < -0.3 is 9.30 Å². The van der Waals surface area contributed by atoms with Gasteiger partial charge in [-0.3, -0.25) is 0 Å². The molecule has 1 aromatic carbocycles. The van der Waals surface area contributed by atoms with E-state index in [9.17, 15) is 4.39 Å². The van der Waals surface area contributed by atoms with E-state index in [1.807, 2.05) is 25.1 Å². The Labute approximate surface area is 101 Å². The summed E-state index contributed by atoms with van der Waals surface area (Å²) in [5, 5.41) is 0. The summed E-state index contributed by atoms with van der Waals surface area (Å²) in [7, 11) is 1.67. The third kappa shape index (κ3) is 2.39. The second-order valence-electron chi connectivity index (χ2n) is 3.98. The number of ether oxygens (including phenoxy) is 1. The van der Waals surface area contributed by atoms with Crippen molar-refractivity contribution >= 4 is 0 Å². The predicted molar refractivity (Wildman–Crippen MR) is 66.4 cm³/mol. The van der Waals surface area contributed by atoms with E-state index in [0.29, 0.717) is 12.2 Å². The Morgan fingerprint density at radius 3 is 2.65 bits per heavy atom. The van der Waals surface area contributed by atoms with Crippen molar-refractivity contribution in [1.29, 1.82) is 0 Å². The average molecular weight is 233 g/mol. The van der Waals surface area contributed by atoms with Crippen LogP contribution < -0.4 is 0 Å². The van der Waals surface area contributed by atoms with Crippen molar-refractivity contribution in [3.05, 3.63) is 47.9 Å². The van der Waals surface area contributed by atoms with Gasteiger partial charge in [-0.25, -0.2) is 4.39 Å². The van der Waals surface area contributed by atoms with Crippen molar-refractivity contribution in [2.45, 2.75) is 13.5 Å². The number of benzene rings is 1. The molecule has 2 nitrogen and oxygen atoms in total. The van der Waals surface area contributed by atoms with Crippen LogP contribution in [0.3, 0.4) is 0 Å². The number of aryl methyl sites for hydroxylation is 1. The molecule has 0 radical (unpaired) electrons. The lowest BCUT2D eigenvalue weighted by molar-refractivity contribution is 0.187. The van der Waals surface area contributed by atoms with E-state index in [-0.39, 0.29) is 5.82 Å². The summed E-state index contributed by atoms with van der Waals surface area (Å²) in [5.41, 5.74) is 2.65. The maximum Gasteiger partial charge on any atom is 0.132 e. The zero-order chi connectivity index (χ0) is 12.3. The largest absolute Gasteiger partial charge is 0.383 e. The van der Waals surface area contributed by atoms with Gasteiger partial charge in [-0.05, 0) is 31.2 Å². The Hall–Kier alpha value is -1.61. The molecule has 0 fully saturated rings. The van der Waals surface area contributed by atoms with Crippen LogP contribution in [0.2, 0.25) is 0 Å². The number of halogens is 1. The fourth-order valence-corrected chi connectivity index (χ4v) is 1.95. The summed E-state index contributed by atoms with van der Waals surface area (Å²) in [6.45, 7) is 3.37. The third-order valence-corrected chi connectivity index (χ3v) is 2.87. The standard InChI is InChI=1S/C14H16FNO/c1-11-7-8-14(16(11)9-10-17-2)12-5-3-4-6-13(12)15/h3-8H,9-10H2,1-2H3. The van der Waals surface area contributed by atoms with Gasteiger partial charge in [-0.1, -0.05) is 12.1 Å². The third-order valence-electron chi connectivity index (χ3n) is 2.87. The molecule has 1 heterocycles. The molecule has 0 unspecified atom stereocenters. The average Bonchev–Trinajstić information content (AvgIpc) is 2.69. The Kier molecular flexibility index (Phi) is 3.59. The van der Waals surface area contributed by atoms with Gasteiger partial charge in [0.15, 0.2) is 0 Å². The topological polar surface area (TPSA) is 14.2 Å². The van der Waals surface area contributed by atoms with Crippen LogP contribution in [0, 0.1) is 12.7 Å². The van der Waals surface area contributed by atoms with E-state index < -0.39 is 0 Å². The smallest absolute Gasteiger partial charge is 0.132 e. The number of rotatable bonds is 4. The molecule has 90 valence electrons. The first-order chi connectivity index (χ1) is 8.24. The molecule has 0 aliphatic carbocycles. The van der Waals surface area contributed by atoms with E-state index in [1.54, 1.807) is 19.2 Å². The molecule has 2 rings (SSSR count). The Balaban J connectivity index is 2.42. The van der Waals surface area contributed by atoms with Crippen LogP contribution in [0.5, 0.6) is 0 Å². The van der Waals surface area contributed by atoms with Crippen molar-refractivity contribution in [2.24, 2.45) is 0 Å². The Morgan fingerprint density at radius 1 is 1.18 bits per heavy atom. The fourth-order valence-electron chi connectivity index (χ4n) is 1.95. The maximum atomic E-state index is 13.7. The minimum absolute atomic E-state index is 0.190. The SMILES string of the molecule is COCCn1c(C)ccc1-c1ccccc1F. The summed E-state index contributed by atoms with van der Waals surface area (Å²) in [4.78, 5) is 0. The highest BCUT2D eigenvalue weighted by Gasteiger charge is 2.10. The van der Waals surface area contributed by atoms with Crippen molar-refractivity contribution in [1.82, 2.24) is 4.57 Å². The molecule has 0 bridgehead atoms. The summed E-state index contributed by atoms with van der Waals surface area (Å²) >= 11 is 0. The van der Waals surface area contributed by atoms with Gasteiger partial charge in [-0.2, -0.15) is 0 Å². The molecule has 0 atom stereocenters. The predicted octanol–water partition coefficient (Wildman–Crippen LogP) is 3.25. The monoisotopic (exact) mass is 233 g/mol. The number of aromatic nitrogens is 1. The molecule has 2 aromatic rings. The Bertz CT molecular complexity index is 505. The minimum Gasteiger partial charge on any atom is -0.383 e. The van der Waals surface area contributed by atoms with Gasteiger partial charge in [0.25, 0.3) is 0 Å². The number of hydrogen-bond acceptors (Lipinski definition) is 1. The van der Waals surface area contributed by atoms with Crippen LogP contribution in [-0.2, 0) is 11.3 Å². The van der Waals surface area contributed by atoms with Gasteiger partial charge in [0.2, 0.25) is 0 Å². The number of nitrogens with zero attached hydrogens (tertiary/aromatic N) is 1. The first-order valence-corrected chi connectivity index (χ1v) is 5.64. The summed E-state index contributed by atoms with van der Waals surface area (Å²) in [6.07, 6.45) is 0. The first-order valence-electron chi connectivity index (χ1n) is 5.64. The van der Waals surface area contributed by atoms with Gasteiger partial charge in [0.05, 0.1) is 12.3 Å². The first kappa shape index (κ1) is 11.9. The summed E-state index contributed by atoms with van der Waals surface area (Å²) in [5.74, 6) is -0.190. The molecule has 0 N–H and O–H groups in total. The van der Waals surface area contributed by atoms with E-state index in [4.69, 9.17) is 4.74 Å². The lowest BCUT2D eigenvalue weighted by atomic mass is 10.1. The molecule has 0 amide bonds. The summed E-state index contributed by atoms with van der Waals surface area (Å²) in [6, 6.07) is 10.8. The van der Waals surface area contributed by atoms with E-state index in [2.05, 4.69) is 4.57 Å². The highest BCUT2D eigenvalue weighted by Crippen LogP contribution is 2.24. The minimum atomic E-state index is -0.190. The molecular formula is C14H16FNO. The highest BCUT2D eigenvalue weighted by molar-refractivity contribution is 5.61. The molecular weight excluding hydrogens is 217 g/mol. The van der Waals surface area contributed by atoms with Crippen LogP contribution in [0.4, 0.5) is 4.39 Å². The van der Waals surface area contributed by atoms with Crippen LogP contribution in [0.1, 0.15) is 5.69 Å². The number of hydrogen-bond donors (Lipinski definition) is 0. The lowest BCUT2D eigenvalue weighted by Gasteiger charge is -2.11. The van der Waals surface area contributed by atoms with Crippen LogP contribution >= 0.6 is 0 Å². The van der Waals surface area contributed by atoms with Crippen LogP contribution in [0.25, 0.3) is 11.3 Å². The molecule has 17 heavy (non-hydrogen) atoms. The molecule has 0 saturated heterocycles. The summed E-state index contributed by atoms with van der Waals surface area (Å²) < 4.78 is 20.9. The highest BCUT2D eigenvalue weighted by atomic mass is 19.1. The van der Waals surface area contributed by atoms with E-state index >= 15 is 0 Å². The molecule has 0 saturated carbocycles. The fraction of sp³-hybridized carbons (Fsp3) is 0.286. The van der Waals surface area contributed by atoms with Crippen molar-refractivity contribution in [3.63, 3.8) is 0 Å². The molecule has 3 heteroatoms. The van der Waals surface area contributed by atoms with Gasteiger partial charge in [0.1, 0.15) is 5.82 Å². The van der Waals surface area contributed by atoms with Crippen LogP contribution in [0.15, 0.2) is 36.4 Å². The van der Waals surface area contributed by atoms with Gasteiger partial charge in [-0.15, -0.1) is 0 Å². The van der Waals surface area contributed by atoms with Crippen LogP contribution in [-0.4, -0.2) is 18.3 Å². The zero-order valence-electron chi connectivity index (χ0n) is 10.1. The Morgan fingerprint density at radius 2 is 1.94 bits per heavy atom. The zero-order valence-corrected chi connectivity index (χ0v) is 10.1.